The fourth-order valence-electron chi connectivity index (χ4n) is 6.90. The quantitative estimate of drug-likeness (QED) is 0.0633. The zero-order valence-corrected chi connectivity index (χ0v) is 33.1. The molecular formula is C44H88N2O2. The first-order valence-electron chi connectivity index (χ1n) is 22.2. The van der Waals surface area contributed by atoms with Gasteiger partial charge in [-0.1, -0.05) is 219 Å². The summed E-state index contributed by atoms with van der Waals surface area (Å²) in [4.78, 5) is 24.2. The molecule has 0 fully saturated rings. The number of nitrogens with one attached hydrogen (secondary N) is 2. The summed E-state index contributed by atoms with van der Waals surface area (Å²) in [7, 11) is 0. The Kier molecular flexibility index (Phi) is 41.2. The summed E-state index contributed by atoms with van der Waals surface area (Å²) >= 11 is 0. The summed E-state index contributed by atoms with van der Waals surface area (Å²) in [6.45, 7) is 6.26. The van der Waals surface area contributed by atoms with E-state index in [4.69, 9.17) is 0 Å². The van der Waals surface area contributed by atoms with Crippen LogP contribution >= 0.6 is 0 Å². The Balaban J connectivity index is 3.22. The van der Waals surface area contributed by atoms with E-state index in [2.05, 4.69) is 24.5 Å². The molecule has 0 aromatic heterocycles. The van der Waals surface area contributed by atoms with Crippen LogP contribution in [0.25, 0.3) is 0 Å². The summed E-state index contributed by atoms with van der Waals surface area (Å²) in [6, 6.07) is 0. The molecule has 0 unspecified atom stereocenters. The molecular weight excluding hydrogens is 588 g/mol. The van der Waals surface area contributed by atoms with Gasteiger partial charge in [0.1, 0.15) is 0 Å². The molecule has 0 heterocycles. The minimum atomic E-state index is 0.251. The lowest BCUT2D eigenvalue weighted by Crippen LogP contribution is -2.24. The van der Waals surface area contributed by atoms with E-state index in [1.165, 1.54) is 205 Å². The SMILES string of the molecule is CCCCCCCCCCCCCCCCC(=O)NCCCCCCCCCCNC(=O)CCCCCCCCCCCCCCCC. The van der Waals surface area contributed by atoms with Crippen LogP contribution in [-0.2, 0) is 9.59 Å². The molecule has 0 aliphatic rings. The first-order chi connectivity index (χ1) is 23.7. The molecule has 0 bridgehead atoms. The lowest BCUT2D eigenvalue weighted by atomic mass is 10.0. The predicted octanol–water partition coefficient (Wildman–Crippen LogP) is 14.1. The molecule has 48 heavy (non-hydrogen) atoms. The number of carbonyl (C=O) groups excluding carboxylic acids is 2. The van der Waals surface area contributed by atoms with Crippen molar-refractivity contribution in [1.82, 2.24) is 10.6 Å². The molecule has 0 rings (SSSR count). The number of amides is 2. The topological polar surface area (TPSA) is 58.2 Å². The van der Waals surface area contributed by atoms with Crippen LogP contribution in [0.1, 0.15) is 258 Å². The third-order valence-electron chi connectivity index (χ3n) is 10.3. The van der Waals surface area contributed by atoms with Crippen molar-refractivity contribution in [2.24, 2.45) is 0 Å². The summed E-state index contributed by atoms with van der Waals surface area (Å²) in [5.41, 5.74) is 0. The fraction of sp³-hybridized carbons (Fsp3) is 0.955. The first kappa shape index (κ1) is 46.9. The van der Waals surface area contributed by atoms with E-state index in [0.717, 1.165) is 38.8 Å². The molecule has 0 atom stereocenters. The molecule has 286 valence electrons. The average molecular weight is 677 g/mol. The second kappa shape index (κ2) is 42.1. The molecule has 0 aliphatic carbocycles. The van der Waals surface area contributed by atoms with Crippen LogP contribution in [-0.4, -0.2) is 24.9 Å². The number of hydrogen-bond donors (Lipinski definition) is 2. The highest BCUT2D eigenvalue weighted by Crippen LogP contribution is 2.15. The molecule has 0 radical (unpaired) electrons. The van der Waals surface area contributed by atoms with Gasteiger partial charge in [0.2, 0.25) is 11.8 Å². The highest BCUT2D eigenvalue weighted by atomic mass is 16.2. The Morgan fingerprint density at radius 2 is 0.458 bits per heavy atom. The average Bonchev–Trinajstić information content (AvgIpc) is 3.09. The number of rotatable bonds is 41. The van der Waals surface area contributed by atoms with Crippen molar-refractivity contribution >= 4 is 11.8 Å². The van der Waals surface area contributed by atoms with Crippen molar-refractivity contribution < 1.29 is 9.59 Å². The van der Waals surface area contributed by atoms with Crippen LogP contribution in [0.15, 0.2) is 0 Å². The molecule has 0 spiro atoms. The minimum Gasteiger partial charge on any atom is -0.356 e. The van der Waals surface area contributed by atoms with E-state index < -0.39 is 0 Å². The van der Waals surface area contributed by atoms with Crippen LogP contribution in [0.4, 0.5) is 0 Å². The minimum absolute atomic E-state index is 0.251. The van der Waals surface area contributed by atoms with E-state index in [-0.39, 0.29) is 11.8 Å². The van der Waals surface area contributed by atoms with Crippen LogP contribution in [0.5, 0.6) is 0 Å². The molecule has 4 nitrogen and oxygen atoms in total. The Labute approximate surface area is 302 Å². The van der Waals surface area contributed by atoms with Crippen molar-refractivity contribution in [2.75, 3.05) is 13.1 Å². The van der Waals surface area contributed by atoms with Crippen molar-refractivity contribution in [1.29, 1.82) is 0 Å². The van der Waals surface area contributed by atoms with E-state index in [9.17, 15) is 9.59 Å². The lowest BCUT2D eigenvalue weighted by molar-refractivity contribution is -0.122. The molecule has 0 saturated heterocycles. The second-order valence-electron chi connectivity index (χ2n) is 15.2. The number of unbranched alkanes of at least 4 members (excludes halogenated alkanes) is 33. The van der Waals surface area contributed by atoms with Gasteiger partial charge < -0.3 is 10.6 Å². The van der Waals surface area contributed by atoms with Gasteiger partial charge in [0, 0.05) is 25.9 Å². The Hall–Kier alpha value is -1.06. The summed E-state index contributed by atoms with van der Waals surface area (Å²) in [5, 5.41) is 6.25. The third kappa shape index (κ3) is 41.1. The summed E-state index contributed by atoms with van der Waals surface area (Å²) in [6.07, 6.45) is 49.1. The fourth-order valence-corrected chi connectivity index (χ4v) is 6.90. The highest BCUT2D eigenvalue weighted by molar-refractivity contribution is 5.76. The largest absolute Gasteiger partial charge is 0.356 e. The zero-order valence-electron chi connectivity index (χ0n) is 33.1. The van der Waals surface area contributed by atoms with Gasteiger partial charge in [-0.2, -0.15) is 0 Å². The number of hydrogen-bond acceptors (Lipinski definition) is 2. The Bertz CT molecular complexity index is 583. The van der Waals surface area contributed by atoms with Gasteiger partial charge in [0.15, 0.2) is 0 Å². The van der Waals surface area contributed by atoms with Gasteiger partial charge in [0.05, 0.1) is 0 Å². The third-order valence-corrected chi connectivity index (χ3v) is 10.3. The Morgan fingerprint density at radius 3 is 0.688 bits per heavy atom. The summed E-state index contributed by atoms with van der Waals surface area (Å²) in [5.74, 6) is 0.501. The lowest BCUT2D eigenvalue weighted by Gasteiger charge is -2.07. The maximum absolute atomic E-state index is 12.1. The van der Waals surface area contributed by atoms with Crippen LogP contribution in [0.3, 0.4) is 0 Å². The monoisotopic (exact) mass is 677 g/mol. The van der Waals surface area contributed by atoms with Crippen molar-refractivity contribution in [3.05, 3.63) is 0 Å². The van der Waals surface area contributed by atoms with E-state index >= 15 is 0 Å². The first-order valence-corrected chi connectivity index (χ1v) is 22.2. The van der Waals surface area contributed by atoms with E-state index in [1.54, 1.807) is 0 Å². The predicted molar refractivity (Wildman–Crippen MR) is 213 cm³/mol. The van der Waals surface area contributed by atoms with Crippen LogP contribution in [0.2, 0.25) is 0 Å². The van der Waals surface area contributed by atoms with Crippen LogP contribution in [0, 0.1) is 0 Å². The standard InChI is InChI=1S/C44H88N2O2/c1-3-5-7-9-11-13-15-17-19-21-23-27-31-35-39-43(47)45-41-37-33-29-25-26-30-34-38-42-46-44(48)40-36-32-28-24-22-20-18-16-14-12-10-8-6-4-2/h3-42H2,1-2H3,(H,45,47)(H,46,48). The molecule has 2 amide bonds. The van der Waals surface area contributed by atoms with Gasteiger partial charge in [-0.25, -0.2) is 0 Å². The van der Waals surface area contributed by atoms with Crippen molar-refractivity contribution in [3.63, 3.8) is 0 Å². The molecule has 2 N–H and O–H groups in total. The second-order valence-corrected chi connectivity index (χ2v) is 15.2. The van der Waals surface area contributed by atoms with Gasteiger partial charge in [-0.3, -0.25) is 9.59 Å². The molecule has 0 aromatic rings. The molecule has 0 aromatic carbocycles. The normalized spacial score (nSPS) is 11.3. The van der Waals surface area contributed by atoms with E-state index in [1.807, 2.05) is 0 Å². The maximum Gasteiger partial charge on any atom is 0.219 e. The highest BCUT2D eigenvalue weighted by Gasteiger charge is 2.03. The maximum atomic E-state index is 12.1. The van der Waals surface area contributed by atoms with Gasteiger partial charge in [0.25, 0.3) is 0 Å². The molecule has 4 heteroatoms. The molecule has 0 aliphatic heterocycles. The van der Waals surface area contributed by atoms with Crippen molar-refractivity contribution in [2.45, 2.75) is 258 Å². The Morgan fingerprint density at radius 1 is 0.271 bits per heavy atom. The number of carbonyl (C=O) groups is 2. The van der Waals surface area contributed by atoms with Gasteiger partial charge in [-0.15, -0.1) is 0 Å². The van der Waals surface area contributed by atoms with Gasteiger partial charge >= 0.3 is 0 Å². The van der Waals surface area contributed by atoms with Crippen molar-refractivity contribution in [3.8, 4) is 0 Å². The van der Waals surface area contributed by atoms with Crippen LogP contribution < -0.4 is 10.6 Å². The van der Waals surface area contributed by atoms with Gasteiger partial charge in [-0.05, 0) is 25.7 Å². The smallest absolute Gasteiger partial charge is 0.219 e. The van der Waals surface area contributed by atoms with E-state index in [0.29, 0.717) is 12.8 Å². The zero-order chi connectivity index (χ0) is 34.9. The molecule has 0 saturated carbocycles. The summed E-state index contributed by atoms with van der Waals surface area (Å²) < 4.78 is 0.